The van der Waals surface area contributed by atoms with Crippen LogP contribution in [0, 0.1) is 0 Å². The normalized spacial score (nSPS) is 12.2. The highest BCUT2D eigenvalue weighted by atomic mass is 32.2. The molecule has 0 aliphatic carbocycles. The van der Waals surface area contributed by atoms with Crippen LogP contribution in [-0.4, -0.2) is 19.8 Å². The van der Waals surface area contributed by atoms with E-state index in [-0.39, 0.29) is 11.4 Å². The van der Waals surface area contributed by atoms with Crippen molar-refractivity contribution in [3.8, 4) is 11.5 Å². The van der Waals surface area contributed by atoms with Gasteiger partial charge in [-0.1, -0.05) is 39.0 Å². The summed E-state index contributed by atoms with van der Waals surface area (Å²) in [6.07, 6.45) is 6.25. The SMILES string of the molecule is CCCCCCCCS(=O)(=O)Oc1ccc(OC(C)(C)C)cc1. The topological polar surface area (TPSA) is 52.6 Å². The average molecular weight is 343 g/mol. The molecule has 0 aromatic heterocycles. The molecule has 0 aliphatic heterocycles. The maximum atomic E-state index is 11.9. The van der Waals surface area contributed by atoms with Crippen LogP contribution in [0.2, 0.25) is 0 Å². The molecule has 0 saturated carbocycles. The van der Waals surface area contributed by atoms with Gasteiger partial charge >= 0.3 is 10.1 Å². The van der Waals surface area contributed by atoms with E-state index in [0.717, 1.165) is 12.8 Å². The lowest BCUT2D eigenvalue weighted by Gasteiger charge is -2.21. The minimum absolute atomic E-state index is 0.0688. The average Bonchev–Trinajstić information content (AvgIpc) is 2.43. The standard InChI is InChI=1S/C18H30O4S/c1-5-6-7-8-9-10-15-23(19,20)22-17-13-11-16(12-14-17)21-18(2,3)4/h11-14H,5-10,15H2,1-4H3. The van der Waals surface area contributed by atoms with Crippen LogP contribution >= 0.6 is 0 Å². The Morgan fingerprint density at radius 1 is 0.870 bits per heavy atom. The zero-order chi connectivity index (χ0) is 17.3. The predicted molar refractivity (Wildman–Crippen MR) is 94.6 cm³/mol. The van der Waals surface area contributed by atoms with E-state index in [9.17, 15) is 8.42 Å². The Hall–Kier alpha value is -1.23. The second-order valence-corrected chi connectivity index (χ2v) is 8.49. The molecule has 0 aliphatic rings. The number of benzene rings is 1. The molecular weight excluding hydrogens is 312 g/mol. The van der Waals surface area contributed by atoms with Crippen molar-refractivity contribution in [2.45, 2.75) is 71.8 Å². The molecule has 0 fully saturated rings. The highest BCUT2D eigenvalue weighted by Gasteiger charge is 2.14. The van der Waals surface area contributed by atoms with Gasteiger partial charge in [0.15, 0.2) is 0 Å². The molecular formula is C18H30O4S. The van der Waals surface area contributed by atoms with Crippen LogP contribution in [0.15, 0.2) is 24.3 Å². The van der Waals surface area contributed by atoms with Crippen LogP contribution in [0.25, 0.3) is 0 Å². The van der Waals surface area contributed by atoms with Crippen LogP contribution < -0.4 is 8.92 Å². The van der Waals surface area contributed by atoms with Crippen LogP contribution in [0.5, 0.6) is 11.5 Å². The van der Waals surface area contributed by atoms with Crippen molar-refractivity contribution in [2.24, 2.45) is 0 Å². The first kappa shape index (κ1) is 19.8. The number of hydrogen-bond acceptors (Lipinski definition) is 4. The van der Waals surface area contributed by atoms with Crippen LogP contribution in [-0.2, 0) is 10.1 Å². The zero-order valence-corrected chi connectivity index (χ0v) is 15.6. The van der Waals surface area contributed by atoms with E-state index in [1.807, 2.05) is 20.8 Å². The van der Waals surface area contributed by atoms with Gasteiger partial charge < -0.3 is 8.92 Å². The van der Waals surface area contributed by atoms with Crippen LogP contribution in [0.4, 0.5) is 0 Å². The molecule has 0 heterocycles. The lowest BCUT2D eigenvalue weighted by atomic mass is 10.1. The van der Waals surface area contributed by atoms with E-state index in [1.165, 1.54) is 19.3 Å². The first-order valence-corrected chi connectivity index (χ1v) is 10.0. The molecule has 0 radical (unpaired) electrons. The van der Waals surface area contributed by atoms with E-state index >= 15 is 0 Å². The van der Waals surface area contributed by atoms with Gasteiger partial charge in [-0.3, -0.25) is 0 Å². The molecule has 23 heavy (non-hydrogen) atoms. The number of unbranched alkanes of at least 4 members (excludes halogenated alkanes) is 5. The summed E-state index contributed by atoms with van der Waals surface area (Å²) in [5.74, 6) is 1.09. The zero-order valence-electron chi connectivity index (χ0n) is 14.8. The third kappa shape index (κ3) is 9.49. The number of hydrogen-bond donors (Lipinski definition) is 0. The van der Waals surface area contributed by atoms with E-state index < -0.39 is 10.1 Å². The summed E-state index contributed by atoms with van der Waals surface area (Å²) in [6, 6.07) is 6.70. The monoisotopic (exact) mass is 342 g/mol. The highest BCUT2D eigenvalue weighted by molar-refractivity contribution is 7.87. The van der Waals surface area contributed by atoms with Crippen molar-refractivity contribution < 1.29 is 17.3 Å². The van der Waals surface area contributed by atoms with Crippen molar-refractivity contribution in [3.63, 3.8) is 0 Å². The fourth-order valence-corrected chi connectivity index (χ4v) is 3.21. The van der Waals surface area contributed by atoms with Crippen LogP contribution in [0.3, 0.4) is 0 Å². The quantitative estimate of drug-likeness (QED) is 0.447. The summed E-state index contributed by atoms with van der Waals surface area (Å²) in [7, 11) is -3.52. The molecule has 0 unspecified atom stereocenters. The maximum absolute atomic E-state index is 11.9. The Morgan fingerprint density at radius 3 is 1.96 bits per heavy atom. The molecule has 132 valence electrons. The smallest absolute Gasteiger partial charge is 0.309 e. The Kier molecular flexibility index (Phi) is 7.89. The Bertz CT molecular complexity index is 541. The molecule has 0 saturated heterocycles. The van der Waals surface area contributed by atoms with E-state index in [2.05, 4.69) is 6.92 Å². The van der Waals surface area contributed by atoms with Gasteiger partial charge in [0.05, 0.1) is 5.75 Å². The summed E-state index contributed by atoms with van der Waals surface area (Å²) in [5.41, 5.74) is -0.285. The largest absolute Gasteiger partial charge is 0.488 e. The molecule has 1 aromatic rings. The second kappa shape index (κ2) is 9.16. The van der Waals surface area contributed by atoms with Crippen molar-refractivity contribution in [1.82, 2.24) is 0 Å². The fraction of sp³-hybridized carbons (Fsp3) is 0.667. The summed E-state index contributed by atoms with van der Waals surface area (Å²) in [5, 5.41) is 0. The molecule has 0 N–H and O–H groups in total. The lowest BCUT2D eigenvalue weighted by Crippen LogP contribution is -2.22. The molecule has 0 atom stereocenters. The minimum Gasteiger partial charge on any atom is -0.488 e. The number of ether oxygens (including phenoxy) is 1. The van der Waals surface area contributed by atoms with Gasteiger partial charge in [0, 0.05) is 0 Å². The molecule has 0 bridgehead atoms. The van der Waals surface area contributed by atoms with Crippen molar-refractivity contribution in [2.75, 3.05) is 5.75 Å². The number of rotatable bonds is 10. The van der Waals surface area contributed by atoms with Gasteiger partial charge in [0.25, 0.3) is 0 Å². The van der Waals surface area contributed by atoms with Crippen LogP contribution in [0.1, 0.15) is 66.2 Å². The Balaban J connectivity index is 2.42. The van der Waals surface area contributed by atoms with E-state index in [1.54, 1.807) is 24.3 Å². The molecule has 0 amide bonds. The van der Waals surface area contributed by atoms with Gasteiger partial charge in [0.1, 0.15) is 17.1 Å². The van der Waals surface area contributed by atoms with Gasteiger partial charge in [-0.15, -0.1) is 0 Å². The van der Waals surface area contributed by atoms with Crippen molar-refractivity contribution >= 4 is 10.1 Å². The molecule has 4 nitrogen and oxygen atoms in total. The molecule has 0 spiro atoms. The second-order valence-electron chi connectivity index (χ2n) is 6.80. The minimum atomic E-state index is -3.52. The Morgan fingerprint density at radius 2 is 1.39 bits per heavy atom. The molecule has 1 rings (SSSR count). The third-order valence-corrected chi connectivity index (χ3v) is 4.45. The first-order valence-electron chi connectivity index (χ1n) is 8.43. The maximum Gasteiger partial charge on any atom is 0.309 e. The summed E-state index contributed by atoms with van der Waals surface area (Å²) >= 11 is 0. The summed E-state index contributed by atoms with van der Waals surface area (Å²) in [4.78, 5) is 0. The van der Waals surface area contributed by atoms with Gasteiger partial charge in [-0.2, -0.15) is 8.42 Å². The van der Waals surface area contributed by atoms with Gasteiger partial charge in [-0.25, -0.2) is 0 Å². The van der Waals surface area contributed by atoms with E-state index in [4.69, 9.17) is 8.92 Å². The fourth-order valence-electron chi connectivity index (χ4n) is 2.16. The molecule has 1 aromatic carbocycles. The van der Waals surface area contributed by atoms with Crippen molar-refractivity contribution in [1.29, 1.82) is 0 Å². The van der Waals surface area contributed by atoms with Gasteiger partial charge in [0.2, 0.25) is 0 Å². The highest BCUT2D eigenvalue weighted by Crippen LogP contribution is 2.22. The van der Waals surface area contributed by atoms with E-state index in [0.29, 0.717) is 17.9 Å². The van der Waals surface area contributed by atoms with Gasteiger partial charge in [-0.05, 0) is 51.5 Å². The van der Waals surface area contributed by atoms with Crippen molar-refractivity contribution in [3.05, 3.63) is 24.3 Å². The predicted octanol–water partition coefficient (Wildman–Crippen LogP) is 4.93. The Labute approximate surface area is 141 Å². The molecule has 5 heteroatoms. The lowest BCUT2D eigenvalue weighted by molar-refractivity contribution is 0.131. The summed E-state index contributed by atoms with van der Waals surface area (Å²) in [6.45, 7) is 8.04. The first-order chi connectivity index (χ1) is 10.7. The summed E-state index contributed by atoms with van der Waals surface area (Å²) < 4.78 is 34.7. The third-order valence-electron chi connectivity index (χ3n) is 3.22.